The molecule has 2 atom stereocenters. The molecule has 1 N–H and O–H groups in total. The summed E-state index contributed by atoms with van der Waals surface area (Å²) in [6, 6.07) is 4.82. The first-order valence-electron chi connectivity index (χ1n) is 6.82. The zero-order chi connectivity index (χ0) is 15.0. The number of aryl methyl sites for hydroxylation is 1. The Bertz CT molecular complexity index is 644. The van der Waals surface area contributed by atoms with E-state index in [2.05, 4.69) is 5.16 Å². The summed E-state index contributed by atoms with van der Waals surface area (Å²) in [4.78, 5) is 1.88. The van der Waals surface area contributed by atoms with E-state index in [-0.39, 0.29) is 11.6 Å². The molecular weight excluding hydrogens is 278 g/mol. The first-order chi connectivity index (χ1) is 10.0. The fourth-order valence-electron chi connectivity index (χ4n) is 2.84. The van der Waals surface area contributed by atoms with Crippen molar-refractivity contribution >= 4 is 0 Å². The molecule has 0 saturated carbocycles. The van der Waals surface area contributed by atoms with Gasteiger partial charge in [-0.05, 0) is 31.5 Å². The molecule has 0 unspecified atom stereocenters. The molecule has 112 valence electrons. The van der Waals surface area contributed by atoms with Crippen LogP contribution < -0.4 is 0 Å². The van der Waals surface area contributed by atoms with E-state index in [1.165, 1.54) is 6.07 Å². The van der Waals surface area contributed by atoms with Crippen LogP contribution in [0.2, 0.25) is 0 Å². The summed E-state index contributed by atoms with van der Waals surface area (Å²) in [6.07, 6.45) is -0.199. The fourth-order valence-corrected chi connectivity index (χ4v) is 2.84. The summed E-state index contributed by atoms with van der Waals surface area (Å²) >= 11 is 0. The minimum absolute atomic E-state index is 0.266. The number of nitrogens with zero attached hydrogens (tertiary/aromatic N) is 2. The molecule has 0 aliphatic carbocycles. The van der Waals surface area contributed by atoms with Crippen LogP contribution in [-0.4, -0.2) is 27.8 Å². The highest BCUT2D eigenvalue weighted by Gasteiger charge is 2.34. The second kappa shape index (κ2) is 5.54. The Hall–Kier alpha value is -1.79. The molecule has 1 saturated heterocycles. The summed E-state index contributed by atoms with van der Waals surface area (Å²) in [5.74, 6) is -0.305. The van der Waals surface area contributed by atoms with Gasteiger partial charge in [0.2, 0.25) is 0 Å². The molecule has 3 rings (SSSR count). The lowest BCUT2D eigenvalue weighted by molar-refractivity contribution is 0.165. The summed E-state index contributed by atoms with van der Waals surface area (Å²) in [7, 11) is 0. The number of hydrogen-bond acceptors (Lipinski definition) is 4. The van der Waals surface area contributed by atoms with Gasteiger partial charge in [-0.15, -0.1) is 0 Å². The first-order valence-corrected chi connectivity index (χ1v) is 6.82. The maximum absolute atomic E-state index is 14.0. The Kier molecular flexibility index (Phi) is 3.73. The monoisotopic (exact) mass is 294 g/mol. The Morgan fingerprint density at radius 2 is 2.19 bits per heavy atom. The molecule has 1 fully saturated rings. The van der Waals surface area contributed by atoms with E-state index in [1.54, 1.807) is 6.07 Å². The number of aliphatic hydroxyl groups is 1. The minimum atomic E-state index is -0.568. The number of benzene rings is 1. The van der Waals surface area contributed by atoms with Crippen molar-refractivity contribution in [2.45, 2.75) is 32.0 Å². The summed E-state index contributed by atoms with van der Waals surface area (Å²) in [5, 5.41) is 13.7. The van der Waals surface area contributed by atoms with Crippen LogP contribution in [0.4, 0.5) is 8.78 Å². The first kappa shape index (κ1) is 14.2. The van der Waals surface area contributed by atoms with Crippen molar-refractivity contribution in [2.24, 2.45) is 0 Å². The summed E-state index contributed by atoms with van der Waals surface area (Å²) in [6.45, 7) is 2.61. The van der Waals surface area contributed by atoms with Gasteiger partial charge in [-0.2, -0.15) is 0 Å². The maximum Gasteiger partial charge on any atom is 0.150 e. The third kappa shape index (κ3) is 2.96. The zero-order valence-electron chi connectivity index (χ0n) is 11.6. The predicted octanol–water partition coefficient (Wildman–Crippen LogP) is 2.57. The van der Waals surface area contributed by atoms with Gasteiger partial charge in [0, 0.05) is 24.2 Å². The Labute approximate surface area is 121 Å². The molecule has 6 heteroatoms. The van der Waals surface area contributed by atoms with Crippen LogP contribution in [0.5, 0.6) is 0 Å². The van der Waals surface area contributed by atoms with Crippen LogP contribution in [-0.2, 0) is 6.54 Å². The van der Waals surface area contributed by atoms with Gasteiger partial charge in [-0.25, -0.2) is 8.78 Å². The van der Waals surface area contributed by atoms with Gasteiger partial charge in [0.1, 0.15) is 11.6 Å². The van der Waals surface area contributed by atoms with E-state index < -0.39 is 17.7 Å². The van der Waals surface area contributed by atoms with Gasteiger partial charge in [0.25, 0.3) is 0 Å². The number of aliphatic hydroxyl groups excluding tert-OH is 1. The third-order valence-electron chi connectivity index (χ3n) is 3.73. The molecule has 1 aliphatic rings. The van der Waals surface area contributed by atoms with Crippen molar-refractivity contribution in [3.05, 3.63) is 52.9 Å². The van der Waals surface area contributed by atoms with E-state index in [0.29, 0.717) is 25.3 Å². The number of β-amino-alcohol motifs (C(OH)–C–C–N with tert-alkyl or cyclic N) is 1. The van der Waals surface area contributed by atoms with E-state index in [4.69, 9.17) is 4.52 Å². The van der Waals surface area contributed by atoms with E-state index in [0.717, 1.165) is 17.8 Å². The van der Waals surface area contributed by atoms with Gasteiger partial charge in [0.05, 0.1) is 18.3 Å². The lowest BCUT2D eigenvalue weighted by atomic mass is 10.0. The number of hydrogen-bond donors (Lipinski definition) is 1. The summed E-state index contributed by atoms with van der Waals surface area (Å²) < 4.78 is 32.5. The molecule has 1 aromatic heterocycles. The van der Waals surface area contributed by atoms with Crippen molar-refractivity contribution in [2.75, 3.05) is 6.54 Å². The predicted molar refractivity (Wildman–Crippen MR) is 71.4 cm³/mol. The van der Waals surface area contributed by atoms with Crippen LogP contribution >= 0.6 is 0 Å². The number of aromatic nitrogens is 1. The standard InChI is InChI=1S/C15H16F2N2O2/c1-9-4-12(21-18-9)8-19-7-11(20)6-15(19)13-5-10(16)2-3-14(13)17/h2-5,11,15,20H,6-8H2,1H3/t11-,15-/m1/s1. The minimum Gasteiger partial charge on any atom is -0.392 e. The van der Waals surface area contributed by atoms with Crippen LogP contribution in [0.3, 0.4) is 0 Å². The third-order valence-corrected chi connectivity index (χ3v) is 3.73. The van der Waals surface area contributed by atoms with Gasteiger partial charge in [0.15, 0.2) is 5.76 Å². The van der Waals surface area contributed by atoms with Crippen molar-refractivity contribution in [3.63, 3.8) is 0 Å². The van der Waals surface area contributed by atoms with Crippen LogP contribution in [0.15, 0.2) is 28.8 Å². The molecule has 0 amide bonds. The summed E-state index contributed by atoms with van der Waals surface area (Å²) in [5.41, 5.74) is 1.03. The normalized spacial score (nSPS) is 22.9. The average Bonchev–Trinajstić information content (AvgIpc) is 2.99. The quantitative estimate of drug-likeness (QED) is 0.945. The molecule has 0 spiro atoms. The number of halogens is 2. The van der Waals surface area contributed by atoms with E-state index in [1.807, 2.05) is 11.8 Å². The topological polar surface area (TPSA) is 49.5 Å². The Morgan fingerprint density at radius 1 is 1.38 bits per heavy atom. The molecule has 2 aromatic rings. The van der Waals surface area contributed by atoms with Crippen molar-refractivity contribution in [3.8, 4) is 0 Å². The highest BCUT2D eigenvalue weighted by atomic mass is 19.1. The highest BCUT2D eigenvalue weighted by Crippen LogP contribution is 2.35. The molecule has 0 bridgehead atoms. The van der Waals surface area contributed by atoms with Gasteiger partial charge >= 0.3 is 0 Å². The van der Waals surface area contributed by atoms with Gasteiger partial charge in [-0.3, -0.25) is 4.90 Å². The zero-order valence-corrected chi connectivity index (χ0v) is 11.6. The molecule has 1 aromatic carbocycles. The second-order valence-electron chi connectivity index (χ2n) is 5.44. The largest absolute Gasteiger partial charge is 0.392 e. The van der Waals surface area contributed by atoms with Gasteiger partial charge < -0.3 is 9.63 Å². The van der Waals surface area contributed by atoms with Crippen molar-refractivity contribution in [1.82, 2.24) is 10.1 Å². The molecule has 0 radical (unpaired) electrons. The maximum atomic E-state index is 14.0. The van der Waals surface area contributed by atoms with Crippen LogP contribution in [0.25, 0.3) is 0 Å². The molecule has 21 heavy (non-hydrogen) atoms. The molecule has 1 aliphatic heterocycles. The highest BCUT2D eigenvalue weighted by molar-refractivity contribution is 5.24. The Morgan fingerprint density at radius 3 is 2.90 bits per heavy atom. The average molecular weight is 294 g/mol. The lowest BCUT2D eigenvalue weighted by Gasteiger charge is -2.23. The van der Waals surface area contributed by atoms with E-state index >= 15 is 0 Å². The van der Waals surface area contributed by atoms with Crippen molar-refractivity contribution in [1.29, 1.82) is 0 Å². The van der Waals surface area contributed by atoms with E-state index in [9.17, 15) is 13.9 Å². The number of likely N-dealkylation sites (tertiary alicyclic amines) is 1. The smallest absolute Gasteiger partial charge is 0.150 e. The SMILES string of the molecule is Cc1cc(CN2C[C@H](O)C[C@@H]2c2cc(F)ccc2F)on1. The fraction of sp³-hybridized carbons (Fsp3) is 0.400. The Balaban J connectivity index is 1.86. The van der Waals surface area contributed by atoms with Crippen molar-refractivity contribution < 1.29 is 18.4 Å². The van der Waals surface area contributed by atoms with Crippen LogP contribution in [0, 0.1) is 18.6 Å². The second-order valence-corrected chi connectivity index (χ2v) is 5.44. The van der Waals surface area contributed by atoms with Gasteiger partial charge in [-0.1, -0.05) is 5.16 Å². The van der Waals surface area contributed by atoms with Crippen LogP contribution in [0.1, 0.15) is 29.5 Å². The molecule has 2 heterocycles. The lowest BCUT2D eigenvalue weighted by Crippen LogP contribution is -2.24. The molecular formula is C15H16F2N2O2. The number of rotatable bonds is 3. The molecule has 4 nitrogen and oxygen atoms in total.